The van der Waals surface area contributed by atoms with Gasteiger partial charge in [-0.05, 0) is 50.5 Å². The molecule has 1 amide bonds. The molecule has 34 heavy (non-hydrogen) atoms. The average Bonchev–Trinajstić information content (AvgIpc) is 3.24. The van der Waals surface area contributed by atoms with Crippen LogP contribution in [0.2, 0.25) is 0 Å². The summed E-state index contributed by atoms with van der Waals surface area (Å²) >= 11 is 0. The van der Waals surface area contributed by atoms with E-state index in [1.165, 1.54) is 4.31 Å². The third-order valence-corrected chi connectivity index (χ3v) is 7.99. The zero-order valence-electron chi connectivity index (χ0n) is 19.3. The molecule has 0 radical (unpaired) electrons. The fraction of sp³-hybridized carbons (Fsp3) is 0.320. The van der Waals surface area contributed by atoms with Crippen LogP contribution in [-0.4, -0.2) is 41.9 Å². The normalized spacial score (nSPS) is 15.6. The molecule has 3 aromatic rings. The first-order chi connectivity index (χ1) is 16.3. The van der Waals surface area contributed by atoms with Crippen molar-refractivity contribution in [2.75, 3.05) is 13.1 Å². The fourth-order valence-corrected chi connectivity index (χ4v) is 5.68. The molecule has 0 bridgehead atoms. The van der Waals surface area contributed by atoms with Crippen LogP contribution < -0.4 is 5.32 Å². The number of carbonyl (C=O) groups excluding carboxylic acids is 1. The van der Waals surface area contributed by atoms with Gasteiger partial charge in [0.1, 0.15) is 5.69 Å². The molecule has 0 atom stereocenters. The van der Waals surface area contributed by atoms with Gasteiger partial charge < -0.3 is 9.84 Å². The predicted octanol–water partition coefficient (Wildman–Crippen LogP) is 3.57. The number of hydrogen-bond acceptors (Lipinski definition) is 6. The van der Waals surface area contributed by atoms with Gasteiger partial charge in [0.25, 0.3) is 0 Å². The number of benzene rings is 1. The van der Waals surface area contributed by atoms with Crippen LogP contribution >= 0.6 is 0 Å². The molecule has 1 aliphatic rings. The lowest BCUT2D eigenvalue weighted by Crippen LogP contribution is -2.43. The van der Waals surface area contributed by atoms with Gasteiger partial charge in [0.2, 0.25) is 15.9 Å². The van der Waals surface area contributed by atoms with Crippen LogP contribution in [0.5, 0.6) is 0 Å². The Balaban J connectivity index is 1.41. The first-order valence-corrected chi connectivity index (χ1v) is 12.7. The summed E-state index contributed by atoms with van der Waals surface area (Å²) in [5, 5.41) is 6.80. The van der Waals surface area contributed by atoms with Crippen molar-refractivity contribution >= 4 is 28.1 Å². The fourth-order valence-electron chi connectivity index (χ4n) is 3.96. The van der Waals surface area contributed by atoms with Crippen LogP contribution in [0, 0.1) is 19.8 Å². The monoisotopic (exact) mass is 480 g/mol. The Morgan fingerprint density at radius 1 is 1.12 bits per heavy atom. The van der Waals surface area contributed by atoms with E-state index in [1.54, 1.807) is 25.3 Å². The van der Waals surface area contributed by atoms with E-state index in [9.17, 15) is 13.2 Å². The minimum Gasteiger partial charge on any atom is -0.355 e. The van der Waals surface area contributed by atoms with Gasteiger partial charge in [-0.2, -0.15) is 4.31 Å². The van der Waals surface area contributed by atoms with Gasteiger partial charge in [0, 0.05) is 25.2 Å². The minimum absolute atomic E-state index is 0.0777. The number of piperidine rings is 1. The van der Waals surface area contributed by atoms with Crippen molar-refractivity contribution < 1.29 is 17.7 Å². The molecule has 8 nitrogen and oxygen atoms in total. The molecule has 4 rings (SSSR count). The van der Waals surface area contributed by atoms with E-state index < -0.39 is 10.0 Å². The predicted molar refractivity (Wildman–Crippen MR) is 129 cm³/mol. The molecule has 1 fully saturated rings. The number of pyridine rings is 1. The van der Waals surface area contributed by atoms with Crippen molar-refractivity contribution in [3.8, 4) is 0 Å². The van der Waals surface area contributed by atoms with Crippen LogP contribution in [0.1, 0.15) is 41.1 Å². The lowest BCUT2D eigenvalue weighted by Gasteiger charge is -2.30. The van der Waals surface area contributed by atoms with Crippen molar-refractivity contribution in [3.05, 3.63) is 76.9 Å². The topological polar surface area (TPSA) is 105 Å². The van der Waals surface area contributed by atoms with Crippen molar-refractivity contribution in [3.63, 3.8) is 0 Å². The Hall–Kier alpha value is -3.30. The van der Waals surface area contributed by atoms with Crippen LogP contribution in [0.15, 0.2) is 58.1 Å². The maximum atomic E-state index is 13.4. The van der Waals surface area contributed by atoms with Gasteiger partial charge >= 0.3 is 0 Å². The first kappa shape index (κ1) is 23.8. The highest BCUT2D eigenvalue weighted by atomic mass is 32.2. The second-order valence-electron chi connectivity index (χ2n) is 8.42. The Morgan fingerprint density at radius 3 is 2.53 bits per heavy atom. The van der Waals surface area contributed by atoms with Gasteiger partial charge in [-0.1, -0.05) is 47.1 Å². The van der Waals surface area contributed by atoms with E-state index in [4.69, 9.17) is 4.52 Å². The number of sulfonamides is 1. The third-order valence-electron chi connectivity index (χ3n) is 5.93. The van der Waals surface area contributed by atoms with Crippen LogP contribution in [0.4, 0.5) is 0 Å². The van der Waals surface area contributed by atoms with Crippen LogP contribution in [0.3, 0.4) is 0 Å². The standard InChI is InChI=1S/C25H28N4O4S/c1-18-6-8-20(9-7-18)10-11-23-24(19(2)28-33-23)34(31,32)29-15-12-21(13-16-29)25(30)27-17-22-5-3-4-14-26-22/h3-11,14,21H,12-13,15-17H2,1-2H3,(H,27,30). The molecule has 0 spiro atoms. The summed E-state index contributed by atoms with van der Waals surface area (Å²) < 4.78 is 33.6. The minimum atomic E-state index is -3.81. The van der Waals surface area contributed by atoms with Crippen molar-refractivity contribution in [2.45, 2.75) is 38.1 Å². The molecule has 0 unspecified atom stereocenters. The number of amides is 1. The van der Waals surface area contributed by atoms with E-state index >= 15 is 0 Å². The SMILES string of the molecule is Cc1ccc(C=Cc2onc(C)c2S(=O)(=O)N2CCC(C(=O)NCc3ccccn3)CC2)cc1. The zero-order valence-corrected chi connectivity index (χ0v) is 20.1. The molecule has 2 aromatic heterocycles. The molecular weight excluding hydrogens is 452 g/mol. The second kappa shape index (κ2) is 10.3. The van der Waals surface area contributed by atoms with Gasteiger partial charge in [0.05, 0.1) is 12.2 Å². The Bertz CT molecular complexity index is 1260. The van der Waals surface area contributed by atoms with Crippen molar-refractivity contribution in [1.82, 2.24) is 19.8 Å². The first-order valence-electron chi connectivity index (χ1n) is 11.2. The van der Waals surface area contributed by atoms with Gasteiger partial charge in [0.15, 0.2) is 10.7 Å². The van der Waals surface area contributed by atoms with Gasteiger partial charge in [-0.15, -0.1) is 0 Å². The van der Waals surface area contributed by atoms with E-state index in [-0.39, 0.29) is 35.6 Å². The van der Waals surface area contributed by atoms with Crippen LogP contribution in [-0.2, 0) is 21.4 Å². The zero-order chi connectivity index (χ0) is 24.1. The Morgan fingerprint density at radius 2 is 1.85 bits per heavy atom. The molecule has 9 heteroatoms. The highest BCUT2D eigenvalue weighted by Crippen LogP contribution is 2.29. The maximum Gasteiger partial charge on any atom is 0.248 e. The average molecular weight is 481 g/mol. The molecule has 1 aliphatic heterocycles. The quantitative estimate of drug-likeness (QED) is 0.554. The van der Waals surface area contributed by atoms with Crippen molar-refractivity contribution in [2.24, 2.45) is 5.92 Å². The number of aryl methyl sites for hydroxylation is 2. The molecular formula is C25H28N4O4S. The summed E-state index contributed by atoms with van der Waals surface area (Å²) in [7, 11) is -3.81. The summed E-state index contributed by atoms with van der Waals surface area (Å²) in [5.41, 5.74) is 3.18. The highest BCUT2D eigenvalue weighted by Gasteiger charge is 2.35. The number of aromatic nitrogens is 2. The van der Waals surface area contributed by atoms with E-state index in [2.05, 4.69) is 15.5 Å². The molecule has 0 aliphatic carbocycles. The lowest BCUT2D eigenvalue weighted by atomic mass is 9.97. The number of carbonyl (C=O) groups is 1. The van der Waals surface area contributed by atoms with Crippen molar-refractivity contribution in [1.29, 1.82) is 0 Å². The van der Waals surface area contributed by atoms with Gasteiger partial charge in [-0.3, -0.25) is 9.78 Å². The number of nitrogens with one attached hydrogen (secondary N) is 1. The maximum absolute atomic E-state index is 13.4. The Labute approximate surface area is 199 Å². The molecule has 178 valence electrons. The number of hydrogen-bond donors (Lipinski definition) is 1. The Kier molecular flexibility index (Phi) is 7.23. The lowest BCUT2D eigenvalue weighted by molar-refractivity contribution is -0.126. The summed E-state index contributed by atoms with van der Waals surface area (Å²) in [4.78, 5) is 16.8. The number of rotatable bonds is 7. The molecule has 1 N–H and O–H groups in total. The third kappa shape index (κ3) is 5.43. The highest BCUT2D eigenvalue weighted by molar-refractivity contribution is 7.89. The molecule has 1 aromatic carbocycles. The van der Waals surface area contributed by atoms with E-state index in [0.29, 0.717) is 25.1 Å². The summed E-state index contributed by atoms with van der Waals surface area (Å²) in [6, 6.07) is 13.4. The second-order valence-corrected chi connectivity index (χ2v) is 10.3. The largest absolute Gasteiger partial charge is 0.355 e. The van der Waals surface area contributed by atoms with E-state index in [0.717, 1.165) is 16.8 Å². The van der Waals surface area contributed by atoms with Gasteiger partial charge in [-0.25, -0.2) is 8.42 Å². The summed E-state index contributed by atoms with van der Waals surface area (Å²) in [6.45, 7) is 4.50. The van der Waals surface area contributed by atoms with Crippen LogP contribution in [0.25, 0.3) is 12.2 Å². The van der Waals surface area contributed by atoms with E-state index in [1.807, 2.05) is 49.4 Å². The molecule has 1 saturated heterocycles. The molecule has 0 saturated carbocycles. The number of nitrogens with zero attached hydrogens (tertiary/aromatic N) is 3. The smallest absolute Gasteiger partial charge is 0.248 e. The summed E-state index contributed by atoms with van der Waals surface area (Å²) in [6.07, 6.45) is 6.02. The molecule has 3 heterocycles. The summed E-state index contributed by atoms with van der Waals surface area (Å²) in [5.74, 6) is -0.112.